The standard InChI is InChI=1S/C17H17NO2/c1-20-17(19)13-7-9-14-8-5-6-12-16(14)18-15-10-3-2-4-11-15/h2-12,18H,13H2,1H3. The smallest absolute Gasteiger partial charge is 0.309 e. The zero-order chi connectivity index (χ0) is 14.2. The van der Waals surface area contributed by atoms with Crippen molar-refractivity contribution >= 4 is 23.4 Å². The average molecular weight is 267 g/mol. The van der Waals surface area contributed by atoms with Crippen molar-refractivity contribution in [2.24, 2.45) is 0 Å². The molecule has 20 heavy (non-hydrogen) atoms. The Hall–Kier alpha value is -2.55. The van der Waals surface area contributed by atoms with Gasteiger partial charge in [0, 0.05) is 11.4 Å². The number of methoxy groups -OCH3 is 1. The molecule has 2 aromatic rings. The number of carbonyl (C=O) groups is 1. The van der Waals surface area contributed by atoms with Crippen LogP contribution in [-0.2, 0) is 9.53 Å². The molecule has 0 saturated heterocycles. The van der Waals surface area contributed by atoms with E-state index in [4.69, 9.17) is 0 Å². The van der Waals surface area contributed by atoms with Crippen LogP contribution in [0.4, 0.5) is 11.4 Å². The molecule has 0 aliphatic carbocycles. The molecule has 1 N–H and O–H groups in total. The summed E-state index contributed by atoms with van der Waals surface area (Å²) < 4.78 is 4.61. The predicted octanol–water partition coefficient (Wildman–Crippen LogP) is 4.01. The van der Waals surface area contributed by atoms with E-state index in [1.807, 2.05) is 60.7 Å². The molecule has 0 bridgehead atoms. The second kappa shape index (κ2) is 7.14. The molecule has 0 atom stereocenters. The van der Waals surface area contributed by atoms with Crippen LogP contribution in [0.15, 0.2) is 60.7 Å². The maximum atomic E-state index is 11.1. The third kappa shape index (κ3) is 3.99. The first kappa shape index (κ1) is 13.9. The number of benzene rings is 2. The number of nitrogens with one attached hydrogen (secondary N) is 1. The van der Waals surface area contributed by atoms with Gasteiger partial charge in [-0.25, -0.2) is 0 Å². The molecule has 0 saturated carbocycles. The largest absolute Gasteiger partial charge is 0.469 e. The predicted molar refractivity (Wildman–Crippen MR) is 81.8 cm³/mol. The normalized spacial score (nSPS) is 10.4. The molecule has 2 aromatic carbocycles. The average Bonchev–Trinajstić information content (AvgIpc) is 2.50. The van der Waals surface area contributed by atoms with E-state index in [2.05, 4.69) is 10.1 Å². The van der Waals surface area contributed by atoms with E-state index in [1.165, 1.54) is 7.11 Å². The first-order valence-electron chi connectivity index (χ1n) is 6.44. The van der Waals surface area contributed by atoms with Crippen LogP contribution in [-0.4, -0.2) is 13.1 Å². The van der Waals surface area contributed by atoms with E-state index in [0.717, 1.165) is 16.9 Å². The Bertz CT molecular complexity index is 591. The van der Waals surface area contributed by atoms with E-state index in [0.29, 0.717) is 0 Å². The number of hydrogen-bond acceptors (Lipinski definition) is 3. The summed E-state index contributed by atoms with van der Waals surface area (Å²) in [5.74, 6) is -0.241. The minimum atomic E-state index is -0.241. The van der Waals surface area contributed by atoms with Gasteiger partial charge in [-0.2, -0.15) is 0 Å². The summed E-state index contributed by atoms with van der Waals surface area (Å²) in [6.07, 6.45) is 4.00. The van der Waals surface area contributed by atoms with E-state index in [9.17, 15) is 4.79 Å². The topological polar surface area (TPSA) is 38.3 Å². The summed E-state index contributed by atoms with van der Waals surface area (Å²) >= 11 is 0. The number of para-hydroxylation sites is 2. The molecular weight excluding hydrogens is 250 g/mol. The number of carbonyl (C=O) groups excluding carboxylic acids is 1. The van der Waals surface area contributed by atoms with Crippen molar-refractivity contribution in [3.63, 3.8) is 0 Å². The van der Waals surface area contributed by atoms with Gasteiger partial charge in [0.1, 0.15) is 0 Å². The fourth-order valence-electron chi connectivity index (χ4n) is 1.80. The molecule has 102 valence electrons. The quantitative estimate of drug-likeness (QED) is 0.832. The molecule has 0 aliphatic heterocycles. The first-order valence-corrected chi connectivity index (χ1v) is 6.44. The number of esters is 1. The highest BCUT2D eigenvalue weighted by molar-refractivity contribution is 5.75. The monoisotopic (exact) mass is 267 g/mol. The number of ether oxygens (including phenoxy) is 1. The van der Waals surface area contributed by atoms with Gasteiger partial charge in [-0.15, -0.1) is 0 Å². The molecule has 0 radical (unpaired) electrons. The van der Waals surface area contributed by atoms with Crippen LogP contribution in [0.3, 0.4) is 0 Å². The van der Waals surface area contributed by atoms with Gasteiger partial charge in [0.15, 0.2) is 0 Å². The van der Waals surface area contributed by atoms with Crippen LogP contribution in [0.1, 0.15) is 12.0 Å². The summed E-state index contributed by atoms with van der Waals surface area (Å²) in [4.78, 5) is 11.1. The van der Waals surface area contributed by atoms with Gasteiger partial charge in [-0.05, 0) is 23.8 Å². The van der Waals surface area contributed by atoms with E-state index in [1.54, 1.807) is 6.08 Å². The van der Waals surface area contributed by atoms with Crippen molar-refractivity contribution in [1.82, 2.24) is 0 Å². The van der Waals surface area contributed by atoms with Crippen molar-refractivity contribution in [3.05, 3.63) is 66.2 Å². The van der Waals surface area contributed by atoms with Crippen molar-refractivity contribution in [2.75, 3.05) is 12.4 Å². The molecule has 0 heterocycles. The van der Waals surface area contributed by atoms with Crippen molar-refractivity contribution in [2.45, 2.75) is 6.42 Å². The fraction of sp³-hybridized carbons (Fsp3) is 0.118. The Morgan fingerprint density at radius 3 is 2.55 bits per heavy atom. The van der Waals surface area contributed by atoms with Gasteiger partial charge in [-0.1, -0.05) is 48.6 Å². The Morgan fingerprint density at radius 1 is 1.10 bits per heavy atom. The number of anilines is 2. The zero-order valence-corrected chi connectivity index (χ0v) is 11.4. The van der Waals surface area contributed by atoms with Crippen molar-refractivity contribution < 1.29 is 9.53 Å². The van der Waals surface area contributed by atoms with Gasteiger partial charge < -0.3 is 10.1 Å². The molecule has 3 heteroatoms. The van der Waals surface area contributed by atoms with Gasteiger partial charge in [0.25, 0.3) is 0 Å². The van der Waals surface area contributed by atoms with Gasteiger partial charge in [0.05, 0.1) is 13.5 Å². The summed E-state index contributed by atoms with van der Waals surface area (Å²) in [6.45, 7) is 0. The SMILES string of the molecule is COC(=O)CC=Cc1ccccc1Nc1ccccc1. The van der Waals surface area contributed by atoms with E-state index >= 15 is 0 Å². The molecule has 0 fully saturated rings. The minimum absolute atomic E-state index is 0.241. The second-order valence-corrected chi connectivity index (χ2v) is 4.26. The number of rotatable bonds is 5. The number of hydrogen-bond donors (Lipinski definition) is 1. The van der Waals surface area contributed by atoms with Crippen molar-refractivity contribution in [3.8, 4) is 0 Å². The van der Waals surface area contributed by atoms with E-state index in [-0.39, 0.29) is 12.4 Å². The highest BCUT2D eigenvalue weighted by Crippen LogP contribution is 2.21. The molecule has 0 aliphatic rings. The third-order valence-corrected chi connectivity index (χ3v) is 2.82. The summed E-state index contributed by atoms with van der Waals surface area (Å²) in [5, 5.41) is 3.36. The van der Waals surface area contributed by atoms with Crippen LogP contribution >= 0.6 is 0 Å². The molecule has 0 amide bonds. The Labute approximate surface area is 118 Å². The molecule has 0 unspecified atom stereocenters. The van der Waals surface area contributed by atoms with Crippen LogP contribution in [0, 0.1) is 0 Å². The van der Waals surface area contributed by atoms with Crippen LogP contribution in [0.2, 0.25) is 0 Å². The highest BCUT2D eigenvalue weighted by atomic mass is 16.5. The fourth-order valence-corrected chi connectivity index (χ4v) is 1.80. The second-order valence-electron chi connectivity index (χ2n) is 4.26. The maximum absolute atomic E-state index is 11.1. The maximum Gasteiger partial charge on any atom is 0.309 e. The lowest BCUT2D eigenvalue weighted by Gasteiger charge is -2.09. The van der Waals surface area contributed by atoms with E-state index < -0.39 is 0 Å². The molecular formula is C17H17NO2. The molecule has 2 rings (SSSR count). The zero-order valence-electron chi connectivity index (χ0n) is 11.4. The summed E-state index contributed by atoms with van der Waals surface area (Å²) in [7, 11) is 1.39. The lowest BCUT2D eigenvalue weighted by Crippen LogP contribution is -1.97. The Morgan fingerprint density at radius 2 is 1.80 bits per heavy atom. The minimum Gasteiger partial charge on any atom is -0.469 e. The lowest BCUT2D eigenvalue weighted by atomic mass is 10.1. The van der Waals surface area contributed by atoms with Gasteiger partial charge in [0.2, 0.25) is 0 Å². The molecule has 3 nitrogen and oxygen atoms in total. The summed E-state index contributed by atoms with van der Waals surface area (Å²) in [6, 6.07) is 17.9. The Balaban J connectivity index is 2.12. The van der Waals surface area contributed by atoms with Gasteiger partial charge >= 0.3 is 5.97 Å². The lowest BCUT2D eigenvalue weighted by molar-refractivity contribution is -0.139. The van der Waals surface area contributed by atoms with Crippen LogP contribution < -0.4 is 5.32 Å². The van der Waals surface area contributed by atoms with Crippen LogP contribution in [0.25, 0.3) is 6.08 Å². The van der Waals surface area contributed by atoms with Gasteiger partial charge in [-0.3, -0.25) is 4.79 Å². The van der Waals surface area contributed by atoms with Crippen molar-refractivity contribution in [1.29, 1.82) is 0 Å². The van der Waals surface area contributed by atoms with Crippen LogP contribution in [0.5, 0.6) is 0 Å². The first-order chi connectivity index (χ1) is 9.79. The Kier molecular flexibility index (Phi) is 4.95. The molecule has 0 spiro atoms. The summed E-state index contributed by atoms with van der Waals surface area (Å²) in [5.41, 5.74) is 3.06. The molecule has 0 aromatic heterocycles. The third-order valence-electron chi connectivity index (χ3n) is 2.82. The highest BCUT2D eigenvalue weighted by Gasteiger charge is 2.00.